The molecule has 0 aliphatic carbocycles. The first-order valence-corrected chi connectivity index (χ1v) is 33.5. The molecule has 4 aliphatic heterocycles. The molecule has 2 saturated heterocycles. The molecule has 6 heterocycles. The molecule has 4 aliphatic rings. The summed E-state index contributed by atoms with van der Waals surface area (Å²) >= 11 is 0. The summed E-state index contributed by atoms with van der Waals surface area (Å²) in [7, 11) is -7.23. The van der Waals surface area contributed by atoms with Crippen molar-refractivity contribution >= 4 is 60.6 Å². The molecule has 9 rings (SSSR count). The maximum Gasteiger partial charge on any atom is 0.294 e. The summed E-state index contributed by atoms with van der Waals surface area (Å²) in [5.41, 5.74) is 5.79. The lowest BCUT2D eigenvalue weighted by atomic mass is 9.81. The second-order valence-electron chi connectivity index (χ2n) is 23.9. The number of aromatic nitrogens is 4. The number of rotatable bonds is 30. The van der Waals surface area contributed by atoms with Crippen molar-refractivity contribution in [3.05, 3.63) is 137 Å². The summed E-state index contributed by atoms with van der Waals surface area (Å²) in [5, 5.41) is 19.8. The number of carbonyl (C=O) groups excluding carboxylic acids is 2. The van der Waals surface area contributed by atoms with Gasteiger partial charge in [-0.15, -0.1) is 15.3 Å². The highest BCUT2D eigenvalue weighted by atomic mass is 32.2. The van der Waals surface area contributed by atoms with Crippen LogP contribution in [-0.2, 0) is 67.8 Å². The van der Waals surface area contributed by atoms with Gasteiger partial charge in [0.25, 0.3) is 20.2 Å². The number of ether oxygens (including phenoxy) is 3. The lowest BCUT2D eigenvalue weighted by Crippen LogP contribution is -2.47. The number of hydrogen-bond donors (Lipinski definition) is 4. The van der Waals surface area contributed by atoms with Crippen molar-refractivity contribution in [3.8, 4) is 0 Å². The molecule has 0 unspecified atom stereocenters. The van der Waals surface area contributed by atoms with E-state index in [9.17, 15) is 35.5 Å². The largest absolute Gasteiger partial charge is 0.383 e. The van der Waals surface area contributed by atoms with E-state index in [0.29, 0.717) is 89.8 Å². The molecule has 4 N–H and O–H groups in total. The van der Waals surface area contributed by atoms with Gasteiger partial charge in [0.15, 0.2) is 17.2 Å². The van der Waals surface area contributed by atoms with Crippen LogP contribution in [0.2, 0.25) is 0 Å². The predicted molar refractivity (Wildman–Crippen MR) is 338 cm³/mol. The monoisotopic (exact) mass is 1250 g/mol. The number of nitrogens with zero attached hydrogens (tertiary/aromatic N) is 9. The number of fused-ring (bicyclic) bond motifs is 3. The number of unbranched alkanes of at least 4 members (excludes halogenated alkanes) is 2. The van der Waals surface area contributed by atoms with Crippen LogP contribution in [0.4, 0.5) is 17.2 Å². The van der Waals surface area contributed by atoms with Crippen LogP contribution in [-0.4, -0.2) is 189 Å². The van der Waals surface area contributed by atoms with Gasteiger partial charge in [-0.3, -0.25) is 28.5 Å². The van der Waals surface area contributed by atoms with Crippen LogP contribution >= 0.6 is 0 Å². The molecule has 22 nitrogen and oxygen atoms in total. The number of anilines is 2. The maximum absolute atomic E-state index is 13.0. The van der Waals surface area contributed by atoms with Crippen LogP contribution in [0.3, 0.4) is 0 Å². The molecule has 474 valence electrons. The predicted octanol–water partition coefficient (Wildman–Crippen LogP) is 6.68. The number of amides is 2. The Labute approximate surface area is 517 Å². The Kier molecular flexibility index (Phi) is 22.2. The third kappa shape index (κ3) is 16.7. The Hall–Kier alpha value is -6.74. The molecule has 24 heteroatoms. The minimum atomic E-state index is -4.44. The van der Waals surface area contributed by atoms with E-state index in [-0.39, 0.29) is 27.6 Å². The minimum Gasteiger partial charge on any atom is -0.383 e. The molecule has 0 saturated carbocycles. The summed E-state index contributed by atoms with van der Waals surface area (Å²) in [4.78, 5) is 34.6. The molecular weight excluding hydrogens is 1160 g/mol. The number of hydrogen-bond acceptors (Lipinski definition) is 16. The Bertz CT molecular complexity index is 3590. The van der Waals surface area contributed by atoms with Crippen LogP contribution in [0, 0.1) is 0 Å². The number of nitrogens with one attached hydrogen (secondary N) is 2. The van der Waals surface area contributed by atoms with Gasteiger partial charge in [0, 0.05) is 139 Å². The topological polar surface area (TPSA) is 254 Å². The molecule has 2 aromatic heterocycles. The lowest BCUT2D eigenvalue weighted by molar-refractivity contribution is -0.438. The zero-order valence-corrected chi connectivity index (χ0v) is 53.0. The molecule has 0 bridgehead atoms. The summed E-state index contributed by atoms with van der Waals surface area (Å²) in [6, 6.07) is 23.9. The molecular formula is C64H86N11O11S2+. The number of carbonyl (C=O) groups is 2. The molecule has 5 aromatic rings. The van der Waals surface area contributed by atoms with Crippen LogP contribution in [0.25, 0.3) is 5.65 Å². The number of piperazine rings is 1. The van der Waals surface area contributed by atoms with Gasteiger partial charge in [0.05, 0.1) is 48.2 Å². The molecule has 0 radical (unpaired) electrons. The zero-order chi connectivity index (χ0) is 62.5. The third-order valence-electron chi connectivity index (χ3n) is 17.1. The van der Waals surface area contributed by atoms with E-state index in [2.05, 4.69) is 69.3 Å². The lowest BCUT2D eigenvalue weighted by Gasteiger charge is -2.35. The van der Waals surface area contributed by atoms with Crippen molar-refractivity contribution in [1.29, 1.82) is 0 Å². The fourth-order valence-corrected chi connectivity index (χ4v) is 13.2. The van der Waals surface area contributed by atoms with E-state index >= 15 is 0 Å². The number of aryl methyl sites for hydroxylation is 1. The highest BCUT2D eigenvalue weighted by Gasteiger charge is 2.45. The van der Waals surface area contributed by atoms with Gasteiger partial charge in [0.2, 0.25) is 17.5 Å². The Balaban J connectivity index is 0.652. The quantitative estimate of drug-likeness (QED) is 0.0162. The van der Waals surface area contributed by atoms with E-state index in [4.69, 9.17) is 19.3 Å². The molecule has 88 heavy (non-hydrogen) atoms. The van der Waals surface area contributed by atoms with E-state index < -0.39 is 31.1 Å². The van der Waals surface area contributed by atoms with Crippen LogP contribution < -0.4 is 20.4 Å². The first-order valence-electron chi connectivity index (χ1n) is 30.6. The molecule has 0 spiro atoms. The normalized spacial score (nSPS) is 17.9. The molecule has 2 fully saturated rings. The van der Waals surface area contributed by atoms with Crippen molar-refractivity contribution in [1.82, 2.24) is 40.2 Å². The first-order chi connectivity index (χ1) is 42.2. The highest BCUT2D eigenvalue weighted by molar-refractivity contribution is 7.86. The SMILES string of the molecule is COCCN1C(=CC=CC=CC2=[N+](CCCCCC(=O)NCCOCCOCCN3CCN(c4ccc5nnc(CCC(=O)NC6CCN(Cc7ccccc7)CC6)n5n4)CC3)c3ccc(S(=O)(=O)O)cc3C2(C)C)C(C)(C)c2cc(S(=O)(=O)O)ccc21. The van der Waals surface area contributed by atoms with Crippen LogP contribution in [0.5, 0.6) is 0 Å². The smallest absolute Gasteiger partial charge is 0.294 e. The highest BCUT2D eigenvalue weighted by Crippen LogP contribution is 2.48. The van der Waals surface area contributed by atoms with E-state index in [1.54, 1.807) is 23.8 Å². The van der Waals surface area contributed by atoms with Gasteiger partial charge < -0.3 is 34.6 Å². The van der Waals surface area contributed by atoms with E-state index in [0.717, 1.165) is 118 Å². The van der Waals surface area contributed by atoms with Gasteiger partial charge in [-0.2, -0.15) is 25.9 Å². The van der Waals surface area contributed by atoms with E-state index in [1.807, 2.05) is 76.3 Å². The number of benzene rings is 3. The van der Waals surface area contributed by atoms with Crippen molar-refractivity contribution in [2.75, 3.05) is 115 Å². The van der Waals surface area contributed by atoms with Crippen molar-refractivity contribution in [2.24, 2.45) is 0 Å². The Morgan fingerprint density at radius 2 is 1.43 bits per heavy atom. The van der Waals surface area contributed by atoms with Gasteiger partial charge in [-0.05, 0) is 99.2 Å². The van der Waals surface area contributed by atoms with Gasteiger partial charge in [0.1, 0.15) is 12.4 Å². The van der Waals surface area contributed by atoms with Crippen molar-refractivity contribution in [2.45, 2.75) is 112 Å². The average Bonchev–Trinajstić information content (AvgIpc) is 1.87. The number of piperidine rings is 1. The summed E-state index contributed by atoms with van der Waals surface area (Å²) < 4.78 is 89.3. The molecule has 3 aromatic carbocycles. The fourth-order valence-electron chi connectivity index (χ4n) is 12.2. The average molecular weight is 1250 g/mol. The first kappa shape index (κ1) is 65.7. The number of allylic oxidation sites excluding steroid dienone is 6. The minimum absolute atomic E-state index is 0.0289. The van der Waals surface area contributed by atoms with Crippen LogP contribution in [0.1, 0.15) is 95.2 Å². The van der Waals surface area contributed by atoms with Crippen molar-refractivity contribution in [3.63, 3.8) is 0 Å². The fraction of sp³-hybridized carbons (Fsp3) is 0.500. The Morgan fingerprint density at radius 3 is 2.16 bits per heavy atom. The maximum atomic E-state index is 13.0. The standard InChI is InChI=1S/C64H85N11O11S2/c1-63(2)52-45-50(87(78,79)80)20-22-54(52)73(56(63)17-11-7-12-18-57-64(3,4)53-46-51(88(81,82)83)21-23-55(53)74(57)39-41-84-5)31-14-8-13-19-61(76)65-30-40-85-43-44-86-42-38-70-34-36-72(37-35-70)60-25-24-58-67-68-59(75(58)69-60)26-27-62(77)66-49-28-32-71(33-29-49)47-48-15-9-6-10-16-48/h6-7,9-12,15-18,20-25,45-46,49H,8,13-14,19,26-44,47H2,1-5H3,(H3-,65,66,76,77,78,79,80,81,82,83)/p+1. The Morgan fingerprint density at radius 1 is 0.716 bits per heavy atom. The second kappa shape index (κ2) is 29.7. The molecule has 0 atom stereocenters. The van der Waals surface area contributed by atoms with Gasteiger partial charge >= 0.3 is 0 Å². The second-order valence-corrected chi connectivity index (χ2v) is 26.8. The summed E-state index contributed by atoms with van der Waals surface area (Å²) in [6.07, 6.45) is 15.0. The van der Waals surface area contributed by atoms with E-state index in [1.165, 1.54) is 29.8 Å². The molecule has 2 amide bonds. The van der Waals surface area contributed by atoms with Gasteiger partial charge in [-0.1, -0.05) is 62.4 Å². The number of likely N-dealkylation sites (tertiary alicyclic amines) is 1. The van der Waals surface area contributed by atoms with Gasteiger partial charge in [-0.25, -0.2) is 0 Å². The zero-order valence-electron chi connectivity index (χ0n) is 51.4. The number of methoxy groups -OCH3 is 1. The van der Waals surface area contributed by atoms with Crippen molar-refractivity contribution < 1.29 is 54.3 Å². The summed E-state index contributed by atoms with van der Waals surface area (Å²) in [5.74, 6) is 1.51. The third-order valence-corrected chi connectivity index (χ3v) is 18.8. The van der Waals surface area contributed by atoms with Crippen LogP contribution in [0.15, 0.2) is 125 Å². The summed E-state index contributed by atoms with van der Waals surface area (Å²) in [6.45, 7) is 18.9.